The van der Waals surface area contributed by atoms with Gasteiger partial charge < -0.3 is 15.8 Å². The van der Waals surface area contributed by atoms with Crippen LogP contribution in [-0.4, -0.2) is 25.7 Å². The zero-order chi connectivity index (χ0) is 11.1. The average Bonchev–Trinajstić information content (AvgIpc) is 2.23. The molecule has 0 aliphatic rings. The number of rotatable bonds is 6. The van der Waals surface area contributed by atoms with Crippen LogP contribution in [-0.2, 0) is 0 Å². The minimum Gasteiger partial charge on any atom is -0.497 e. The summed E-state index contributed by atoms with van der Waals surface area (Å²) >= 11 is 1.86. The van der Waals surface area contributed by atoms with Crippen LogP contribution < -0.4 is 15.8 Å². The molecule has 0 saturated heterocycles. The number of hydrogen-bond acceptors (Lipinski definition) is 4. The van der Waals surface area contributed by atoms with Crippen molar-refractivity contribution in [2.45, 2.75) is 6.42 Å². The van der Waals surface area contributed by atoms with E-state index in [1.165, 1.54) is 5.75 Å². The first-order valence-corrected chi connectivity index (χ1v) is 6.33. The summed E-state index contributed by atoms with van der Waals surface area (Å²) in [5, 5.41) is 3.32. The molecule has 0 spiro atoms. The number of anilines is 2. The van der Waals surface area contributed by atoms with E-state index in [2.05, 4.69) is 11.6 Å². The first-order chi connectivity index (χ1) is 7.26. The van der Waals surface area contributed by atoms with E-state index in [0.717, 1.165) is 30.1 Å². The molecule has 1 aromatic carbocycles. The minimum absolute atomic E-state index is 0.724. The van der Waals surface area contributed by atoms with Crippen molar-refractivity contribution >= 4 is 23.1 Å². The van der Waals surface area contributed by atoms with Gasteiger partial charge in [-0.25, -0.2) is 0 Å². The molecule has 15 heavy (non-hydrogen) atoms. The van der Waals surface area contributed by atoms with Crippen molar-refractivity contribution in [3.63, 3.8) is 0 Å². The minimum atomic E-state index is 0.724. The van der Waals surface area contributed by atoms with Gasteiger partial charge in [0.1, 0.15) is 5.75 Å². The van der Waals surface area contributed by atoms with Crippen LogP contribution in [0.4, 0.5) is 11.4 Å². The molecular weight excluding hydrogens is 208 g/mol. The number of ether oxygens (including phenoxy) is 1. The molecule has 0 aliphatic heterocycles. The molecule has 4 heteroatoms. The Kier molecular flexibility index (Phi) is 5.18. The molecule has 0 heterocycles. The quantitative estimate of drug-likeness (QED) is 0.578. The van der Waals surface area contributed by atoms with Gasteiger partial charge in [0.05, 0.1) is 7.11 Å². The molecule has 0 unspecified atom stereocenters. The van der Waals surface area contributed by atoms with Crippen molar-refractivity contribution in [1.29, 1.82) is 0 Å². The van der Waals surface area contributed by atoms with Crippen LogP contribution in [0.25, 0.3) is 0 Å². The molecule has 0 aliphatic carbocycles. The van der Waals surface area contributed by atoms with Crippen LogP contribution >= 0.6 is 11.8 Å². The van der Waals surface area contributed by atoms with E-state index in [0.29, 0.717) is 0 Å². The third kappa shape index (κ3) is 4.34. The van der Waals surface area contributed by atoms with Crippen molar-refractivity contribution in [3.05, 3.63) is 18.2 Å². The number of nitrogens with two attached hydrogens (primary N) is 1. The van der Waals surface area contributed by atoms with Crippen LogP contribution in [0.5, 0.6) is 5.75 Å². The van der Waals surface area contributed by atoms with Crippen molar-refractivity contribution in [2.75, 3.05) is 36.7 Å². The normalized spacial score (nSPS) is 10.0. The lowest BCUT2D eigenvalue weighted by molar-refractivity contribution is 0.415. The molecule has 0 radical (unpaired) electrons. The van der Waals surface area contributed by atoms with Crippen LogP contribution in [0.1, 0.15) is 6.42 Å². The molecular formula is C11H18N2OS. The summed E-state index contributed by atoms with van der Waals surface area (Å²) in [6, 6.07) is 5.68. The molecule has 0 aromatic heterocycles. The van der Waals surface area contributed by atoms with Gasteiger partial charge in [0, 0.05) is 30.1 Å². The van der Waals surface area contributed by atoms with Crippen LogP contribution in [0.2, 0.25) is 0 Å². The maximum atomic E-state index is 5.74. The van der Waals surface area contributed by atoms with Crippen molar-refractivity contribution < 1.29 is 4.74 Å². The Hall–Kier alpha value is -1.03. The van der Waals surface area contributed by atoms with Crippen LogP contribution in [0.3, 0.4) is 0 Å². The third-order valence-electron chi connectivity index (χ3n) is 2.02. The topological polar surface area (TPSA) is 47.3 Å². The Labute approximate surface area is 95.4 Å². The SMILES string of the molecule is COc1cc(N)cc(NCCCSC)c1. The predicted octanol–water partition coefficient (Wildman–Crippen LogP) is 2.44. The maximum Gasteiger partial charge on any atom is 0.122 e. The predicted molar refractivity (Wildman–Crippen MR) is 68.9 cm³/mol. The fourth-order valence-electron chi connectivity index (χ4n) is 1.29. The highest BCUT2D eigenvalue weighted by molar-refractivity contribution is 7.98. The summed E-state index contributed by atoms with van der Waals surface area (Å²) in [5.74, 6) is 1.97. The summed E-state index contributed by atoms with van der Waals surface area (Å²) in [6.45, 7) is 0.966. The Morgan fingerprint density at radius 1 is 1.40 bits per heavy atom. The molecule has 0 bridgehead atoms. The van der Waals surface area contributed by atoms with E-state index in [1.54, 1.807) is 7.11 Å². The Morgan fingerprint density at radius 3 is 2.87 bits per heavy atom. The number of methoxy groups -OCH3 is 1. The molecule has 0 fully saturated rings. The molecule has 84 valence electrons. The van der Waals surface area contributed by atoms with E-state index in [-0.39, 0.29) is 0 Å². The highest BCUT2D eigenvalue weighted by atomic mass is 32.2. The van der Waals surface area contributed by atoms with Gasteiger partial charge in [-0.15, -0.1) is 0 Å². The van der Waals surface area contributed by atoms with Crippen molar-refractivity contribution in [3.8, 4) is 5.75 Å². The van der Waals surface area contributed by atoms with E-state index in [9.17, 15) is 0 Å². The molecule has 0 amide bonds. The van der Waals surface area contributed by atoms with Gasteiger partial charge in [0.15, 0.2) is 0 Å². The lowest BCUT2D eigenvalue weighted by atomic mass is 10.2. The number of nitrogens with one attached hydrogen (secondary N) is 1. The van der Waals surface area contributed by atoms with E-state index >= 15 is 0 Å². The summed E-state index contributed by atoms with van der Waals surface area (Å²) < 4.78 is 5.14. The number of hydrogen-bond donors (Lipinski definition) is 2. The number of nitrogen functional groups attached to an aromatic ring is 1. The van der Waals surface area contributed by atoms with Gasteiger partial charge in [-0.3, -0.25) is 0 Å². The second-order valence-corrected chi connectivity index (χ2v) is 4.25. The van der Waals surface area contributed by atoms with Gasteiger partial charge in [0.2, 0.25) is 0 Å². The van der Waals surface area contributed by atoms with Gasteiger partial charge in [-0.05, 0) is 24.5 Å². The summed E-state index contributed by atoms with van der Waals surface area (Å²) in [5.41, 5.74) is 7.49. The molecule has 1 aromatic rings. The van der Waals surface area contributed by atoms with Gasteiger partial charge in [-0.2, -0.15) is 11.8 Å². The zero-order valence-corrected chi connectivity index (χ0v) is 10.1. The summed E-state index contributed by atoms with van der Waals surface area (Å²) in [4.78, 5) is 0. The molecule has 0 atom stereocenters. The lowest BCUT2D eigenvalue weighted by Gasteiger charge is -2.09. The molecule has 0 saturated carbocycles. The Balaban J connectivity index is 2.49. The van der Waals surface area contributed by atoms with E-state index in [1.807, 2.05) is 30.0 Å². The first kappa shape index (κ1) is 12.0. The summed E-state index contributed by atoms with van der Waals surface area (Å²) in [7, 11) is 1.65. The highest BCUT2D eigenvalue weighted by Gasteiger charge is 1.98. The number of thioether (sulfide) groups is 1. The van der Waals surface area contributed by atoms with E-state index in [4.69, 9.17) is 10.5 Å². The van der Waals surface area contributed by atoms with Crippen molar-refractivity contribution in [2.24, 2.45) is 0 Å². The number of benzene rings is 1. The lowest BCUT2D eigenvalue weighted by Crippen LogP contribution is -2.03. The third-order valence-corrected chi connectivity index (χ3v) is 2.72. The Morgan fingerprint density at radius 2 is 2.20 bits per heavy atom. The molecule has 3 nitrogen and oxygen atoms in total. The molecule has 3 N–H and O–H groups in total. The monoisotopic (exact) mass is 226 g/mol. The largest absolute Gasteiger partial charge is 0.497 e. The highest BCUT2D eigenvalue weighted by Crippen LogP contribution is 2.22. The van der Waals surface area contributed by atoms with Crippen LogP contribution in [0, 0.1) is 0 Å². The van der Waals surface area contributed by atoms with Gasteiger partial charge in [-0.1, -0.05) is 0 Å². The van der Waals surface area contributed by atoms with E-state index < -0.39 is 0 Å². The second-order valence-electron chi connectivity index (χ2n) is 3.27. The first-order valence-electron chi connectivity index (χ1n) is 4.93. The van der Waals surface area contributed by atoms with Gasteiger partial charge in [0.25, 0.3) is 0 Å². The fourth-order valence-corrected chi connectivity index (χ4v) is 1.72. The van der Waals surface area contributed by atoms with Gasteiger partial charge >= 0.3 is 0 Å². The van der Waals surface area contributed by atoms with Crippen molar-refractivity contribution in [1.82, 2.24) is 0 Å². The smallest absolute Gasteiger partial charge is 0.122 e. The molecule has 1 rings (SSSR count). The Bertz CT molecular complexity index is 305. The average molecular weight is 226 g/mol. The standard InChI is InChI=1S/C11H18N2OS/c1-14-11-7-9(12)6-10(8-11)13-4-3-5-15-2/h6-8,13H,3-5,12H2,1-2H3. The second kappa shape index (κ2) is 6.45. The van der Waals surface area contributed by atoms with Crippen LogP contribution in [0.15, 0.2) is 18.2 Å². The fraction of sp³-hybridized carbons (Fsp3) is 0.455. The maximum absolute atomic E-state index is 5.74. The summed E-state index contributed by atoms with van der Waals surface area (Å²) in [6.07, 6.45) is 3.27. The zero-order valence-electron chi connectivity index (χ0n) is 9.25.